The van der Waals surface area contributed by atoms with Gasteiger partial charge in [0.2, 0.25) is 0 Å². The number of halogens is 2. The van der Waals surface area contributed by atoms with E-state index in [2.05, 4.69) is 37.0 Å². The molecule has 1 aromatic heterocycles. The number of hydrogen-bond acceptors (Lipinski definition) is 3. The molecule has 2 rings (SSSR count). The number of nitrogens with zero attached hydrogens (tertiary/aromatic N) is 2. The van der Waals surface area contributed by atoms with Crippen molar-refractivity contribution in [3.8, 4) is 0 Å². The van der Waals surface area contributed by atoms with E-state index in [4.69, 9.17) is 4.74 Å². The summed E-state index contributed by atoms with van der Waals surface area (Å²) in [7, 11) is 1.64. The molecule has 0 saturated carbocycles. The topological polar surface area (TPSA) is 47.3 Å². The molecule has 0 fully saturated rings. The predicted molar refractivity (Wildman–Crippen MR) is 84.6 cm³/mol. The van der Waals surface area contributed by atoms with Crippen molar-refractivity contribution in [3.63, 3.8) is 0 Å². The van der Waals surface area contributed by atoms with E-state index in [-0.39, 0.29) is 0 Å². The number of ether oxygens (including phenoxy) is 1. The maximum absolute atomic E-state index is 11.0. The van der Waals surface area contributed by atoms with Crippen molar-refractivity contribution in [2.75, 3.05) is 13.7 Å². The third-order valence-electron chi connectivity index (χ3n) is 3.15. The molecule has 0 radical (unpaired) electrons. The van der Waals surface area contributed by atoms with Crippen LogP contribution < -0.4 is 0 Å². The predicted octanol–water partition coefficient (Wildman–Crippen LogP) is 3.31. The van der Waals surface area contributed by atoms with Crippen molar-refractivity contribution in [2.24, 2.45) is 0 Å². The number of aromatic nitrogens is 2. The lowest BCUT2D eigenvalue weighted by Crippen LogP contribution is -2.28. The van der Waals surface area contributed by atoms with Gasteiger partial charge in [0, 0.05) is 11.6 Å². The van der Waals surface area contributed by atoms with Gasteiger partial charge >= 0.3 is 0 Å². The average Bonchev–Trinajstić information content (AvgIpc) is 2.78. The Hall–Kier alpha value is -0.690. The standard InChI is InChI=1S/C14H16Br2N2O2/c1-14(19,10-4-3-5-11(15)8-10)13-12(16)9-17-18(13)6-7-20-2/h3-5,8-9,19H,6-7H2,1-2H3. The highest BCUT2D eigenvalue weighted by molar-refractivity contribution is 9.10. The quantitative estimate of drug-likeness (QED) is 0.832. The maximum Gasteiger partial charge on any atom is 0.129 e. The van der Waals surface area contributed by atoms with Gasteiger partial charge in [-0.1, -0.05) is 28.1 Å². The highest BCUT2D eigenvalue weighted by Gasteiger charge is 2.32. The van der Waals surface area contributed by atoms with E-state index < -0.39 is 5.60 Å². The lowest BCUT2D eigenvalue weighted by molar-refractivity contribution is 0.0874. The maximum atomic E-state index is 11.0. The first-order valence-electron chi connectivity index (χ1n) is 6.16. The van der Waals surface area contributed by atoms with E-state index in [9.17, 15) is 5.11 Å². The summed E-state index contributed by atoms with van der Waals surface area (Å²) in [5, 5.41) is 15.3. The Morgan fingerprint density at radius 1 is 1.40 bits per heavy atom. The number of hydrogen-bond donors (Lipinski definition) is 1. The zero-order valence-corrected chi connectivity index (χ0v) is 14.5. The monoisotopic (exact) mass is 402 g/mol. The third kappa shape index (κ3) is 3.14. The highest BCUT2D eigenvalue weighted by atomic mass is 79.9. The minimum absolute atomic E-state index is 0.537. The van der Waals surface area contributed by atoms with Gasteiger partial charge in [0.05, 0.1) is 29.5 Å². The molecule has 2 aromatic rings. The Morgan fingerprint density at radius 3 is 2.80 bits per heavy atom. The molecule has 20 heavy (non-hydrogen) atoms. The molecular formula is C14H16Br2N2O2. The SMILES string of the molecule is COCCn1ncc(Br)c1C(C)(O)c1cccc(Br)c1. The average molecular weight is 404 g/mol. The van der Waals surface area contributed by atoms with Gasteiger partial charge < -0.3 is 9.84 Å². The summed E-state index contributed by atoms with van der Waals surface area (Å²) in [6.45, 7) is 2.89. The second kappa shape index (κ2) is 6.39. The van der Waals surface area contributed by atoms with E-state index in [1.165, 1.54) is 0 Å². The van der Waals surface area contributed by atoms with Gasteiger partial charge in [-0.05, 0) is 40.5 Å². The summed E-state index contributed by atoms with van der Waals surface area (Å²) in [6.07, 6.45) is 1.69. The molecular weight excluding hydrogens is 388 g/mol. The Kier molecular flexibility index (Phi) is 5.01. The first-order chi connectivity index (χ1) is 9.46. The van der Waals surface area contributed by atoms with Gasteiger partial charge in [-0.3, -0.25) is 4.68 Å². The van der Waals surface area contributed by atoms with Gasteiger partial charge in [-0.15, -0.1) is 0 Å². The molecule has 0 spiro atoms. The van der Waals surface area contributed by atoms with Crippen molar-refractivity contribution >= 4 is 31.9 Å². The first kappa shape index (κ1) is 15.7. The molecule has 108 valence electrons. The fourth-order valence-corrected chi connectivity index (χ4v) is 3.20. The summed E-state index contributed by atoms with van der Waals surface area (Å²) in [4.78, 5) is 0. The van der Waals surface area contributed by atoms with Gasteiger partial charge in [0.15, 0.2) is 0 Å². The molecule has 1 aromatic carbocycles. The van der Waals surface area contributed by atoms with Gasteiger partial charge in [0.25, 0.3) is 0 Å². The zero-order chi connectivity index (χ0) is 14.8. The number of benzene rings is 1. The summed E-state index contributed by atoms with van der Waals surface area (Å²) in [5.41, 5.74) is 0.367. The van der Waals surface area contributed by atoms with Gasteiger partial charge in [-0.2, -0.15) is 5.10 Å². The molecule has 6 heteroatoms. The lowest BCUT2D eigenvalue weighted by Gasteiger charge is -2.26. The minimum Gasteiger partial charge on any atom is -0.383 e. The Morgan fingerprint density at radius 2 is 2.15 bits per heavy atom. The van der Waals surface area contributed by atoms with E-state index in [1.54, 1.807) is 24.9 Å². The van der Waals surface area contributed by atoms with E-state index in [1.807, 2.05) is 24.3 Å². The second-order valence-corrected chi connectivity index (χ2v) is 6.41. The first-order valence-corrected chi connectivity index (χ1v) is 7.74. The molecule has 0 aliphatic heterocycles. The van der Waals surface area contributed by atoms with Crippen LogP contribution in [0, 0.1) is 0 Å². The van der Waals surface area contributed by atoms with Crippen molar-refractivity contribution < 1.29 is 9.84 Å². The molecule has 1 heterocycles. The number of aliphatic hydroxyl groups is 1. The van der Waals surface area contributed by atoms with Crippen LogP contribution in [0.1, 0.15) is 18.2 Å². The molecule has 1 unspecified atom stereocenters. The zero-order valence-electron chi connectivity index (χ0n) is 11.3. The largest absolute Gasteiger partial charge is 0.383 e. The third-order valence-corrected chi connectivity index (χ3v) is 4.22. The van der Waals surface area contributed by atoms with Gasteiger partial charge in [0.1, 0.15) is 5.60 Å². The molecule has 0 saturated heterocycles. The highest BCUT2D eigenvalue weighted by Crippen LogP contribution is 2.35. The van der Waals surface area contributed by atoms with Crippen molar-refractivity contribution in [1.82, 2.24) is 9.78 Å². The summed E-state index contributed by atoms with van der Waals surface area (Å²) < 4.78 is 8.54. The smallest absolute Gasteiger partial charge is 0.129 e. The Labute approximate surface area is 135 Å². The van der Waals surface area contributed by atoms with Crippen LogP contribution in [0.5, 0.6) is 0 Å². The Balaban J connectivity index is 2.45. The molecule has 0 bridgehead atoms. The Bertz CT molecular complexity index is 597. The fourth-order valence-electron chi connectivity index (χ4n) is 2.12. The molecule has 1 atom stereocenters. The lowest BCUT2D eigenvalue weighted by atomic mass is 9.92. The molecule has 0 aliphatic rings. The van der Waals surface area contributed by atoms with E-state index in [0.29, 0.717) is 18.8 Å². The van der Waals surface area contributed by atoms with Crippen LogP contribution in [0.25, 0.3) is 0 Å². The normalized spacial score (nSPS) is 14.2. The van der Waals surface area contributed by atoms with Crippen LogP contribution in [0.15, 0.2) is 39.4 Å². The van der Waals surface area contributed by atoms with Crippen LogP contribution in [0.3, 0.4) is 0 Å². The van der Waals surface area contributed by atoms with Crippen molar-refractivity contribution in [2.45, 2.75) is 19.1 Å². The van der Waals surface area contributed by atoms with Crippen LogP contribution in [-0.4, -0.2) is 28.6 Å². The molecule has 1 N–H and O–H groups in total. The fraction of sp³-hybridized carbons (Fsp3) is 0.357. The van der Waals surface area contributed by atoms with Crippen LogP contribution in [0.2, 0.25) is 0 Å². The molecule has 0 amide bonds. The van der Waals surface area contributed by atoms with Crippen LogP contribution in [-0.2, 0) is 16.9 Å². The van der Waals surface area contributed by atoms with E-state index in [0.717, 1.165) is 14.5 Å². The minimum atomic E-state index is -1.15. The number of methoxy groups -OCH3 is 1. The summed E-state index contributed by atoms with van der Waals surface area (Å²) >= 11 is 6.90. The molecule has 0 aliphatic carbocycles. The number of rotatable bonds is 5. The summed E-state index contributed by atoms with van der Waals surface area (Å²) in [6, 6.07) is 7.62. The second-order valence-electron chi connectivity index (χ2n) is 4.64. The van der Waals surface area contributed by atoms with Crippen LogP contribution in [0.4, 0.5) is 0 Å². The van der Waals surface area contributed by atoms with Crippen molar-refractivity contribution in [3.05, 3.63) is 50.7 Å². The van der Waals surface area contributed by atoms with Gasteiger partial charge in [-0.25, -0.2) is 0 Å². The summed E-state index contributed by atoms with van der Waals surface area (Å²) in [5.74, 6) is 0. The molecule has 4 nitrogen and oxygen atoms in total. The van der Waals surface area contributed by atoms with E-state index >= 15 is 0 Å². The van der Waals surface area contributed by atoms with Crippen molar-refractivity contribution in [1.29, 1.82) is 0 Å². The van der Waals surface area contributed by atoms with Crippen LogP contribution >= 0.6 is 31.9 Å².